The van der Waals surface area contributed by atoms with Crippen molar-refractivity contribution in [1.29, 1.82) is 0 Å². The van der Waals surface area contributed by atoms with Crippen molar-refractivity contribution < 1.29 is 9.13 Å². The standard InChI is InChI=1S/C25H26FNO/c1-17(2)27-25-16-19-5-3-4-6-23(19)24(25)15-18-7-11-21(12-8-18)28-22-13-9-20(26)10-14-22/h3-14,17,24-25,27H,15-16H2,1-2H3/t24-,25+/m0/s1. The first-order valence-corrected chi connectivity index (χ1v) is 9.94. The summed E-state index contributed by atoms with van der Waals surface area (Å²) >= 11 is 0. The molecular formula is C25H26FNO. The van der Waals surface area contributed by atoms with E-state index in [-0.39, 0.29) is 5.82 Å². The molecule has 0 bridgehead atoms. The fourth-order valence-electron chi connectivity index (χ4n) is 4.12. The highest BCUT2D eigenvalue weighted by molar-refractivity contribution is 5.40. The Kier molecular flexibility index (Phi) is 5.45. The molecule has 0 saturated carbocycles. The van der Waals surface area contributed by atoms with E-state index in [0.717, 1.165) is 18.6 Å². The molecule has 28 heavy (non-hydrogen) atoms. The molecule has 1 aliphatic carbocycles. The summed E-state index contributed by atoms with van der Waals surface area (Å²) < 4.78 is 18.8. The summed E-state index contributed by atoms with van der Waals surface area (Å²) in [5.41, 5.74) is 4.22. The Bertz CT molecular complexity index is 918. The average molecular weight is 375 g/mol. The largest absolute Gasteiger partial charge is 0.457 e. The minimum absolute atomic E-state index is 0.260. The van der Waals surface area contributed by atoms with Crippen LogP contribution in [0.25, 0.3) is 0 Å². The molecule has 0 fully saturated rings. The first kappa shape index (κ1) is 18.7. The Balaban J connectivity index is 1.48. The first-order valence-electron chi connectivity index (χ1n) is 9.94. The third-order valence-electron chi connectivity index (χ3n) is 5.36. The minimum Gasteiger partial charge on any atom is -0.457 e. The highest BCUT2D eigenvalue weighted by Gasteiger charge is 2.32. The van der Waals surface area contributed by atoms with E-state index in [0.29, 0.717) is 23.8 Å². The van der Waals surface area contributed by atoms with Gasteiger partial charge in [0.25, 0.3) is 0 Å². The van der Waals surface area contributed by atoms with E-state index in [2.05, 4.69) is 55.6 Å². The van der Waals surface area contributed by atoms with E-state index in [1.54, 1.807) is 12.1 Å². The van der Waals surface area contributed by atoms with Crippen LogP contribution in [0.3, 0.4) is 0 Å². The zero-order chi connectivity index (χ0) is 19.5. The van der Waals surface area contributed by atoms with Gasteiger partial charge in [-0.05, 0) is 65.9 Å². The van der Waals surface area contributed by atoms with E-state index < -0.39 is 0 Å². The van der Waals surface area contributed by atoms with Crippen molar-refractivity contribution in [3.05, 3.63) is 95.3 Å². The molecular weight excluding hydrogens is 349 g/mol. The van der Waals surface area contributed by atoms with Crippen LogP contribution < -0.4 is 10.1 Å². The average Bonchev–Trinajstić information content (AvgIpc) is 3.02. The van der Waals surface area contributed by atoms with Crippen LogP contribution in [0.15, 0.2) is 72.8 Å². The highest BCUT2D eigenvalue weighted by Crippen LogP contribution is 2.36. The quantitative estimate of drug-likeness (QED) is 0.582. The van der Waals surface area contributed by atoms with Crippen LogP contribution in [0.4, 0.5) is 4.39 Å². The number of nitrogens with one attached hydrogen (secondary N) is 1. The second-order valence-corrected chi connectivity index (χ2v) is 7.84. The molecule has 0 spiro atoms. The lowest BCUT2D eigenvalue weighted by molar-refractivity contribution is 0.418. The number of halogens is 1. The number of hydrogen-bond acceptors (Lipinski definition) is 2. The lowest BCUT2D eigenvalue weighted by Gasteiger charge is -2.24. The van der Waals surface area contributed by atoms with Crippen LogP contribution in [-0.4, -0.2) is 12.1 Å². The molecule has 0 radical (unpaired) electrons. The van der Waals surface area contributed by atoms with Crippen molar-refractivity contribution in [2.24, 2.45) is 0 Å². The zero-order valence-electron chi connectivity index (χ0n) is 16.4. The van der Waals surface area contributed by atoms with Gasteiger partial charge in [-0.1, -0.05) is 50.2 Å². The van der Waals surface area contributed by atoms with Gasteiger partial charge in [-0.2, -0.15) is 0 Å². The lowest BCUT2D eigenvalue weighted by Crippen LogP contribution is -2.38. The van der Waals surface area contributed by atoms with Crippen LogP contribution in [0.5, 0.6) is 11.5 Å². The number of fused-ring (bicyclic) bond motifs is 1. The molecule has 0 saturated heterocycles. The van der Waals surface area contributed by atoms with Gasteiger partial charge in [-0.15, -0.1) is 0 Å². The number of hydrogen-bond donors (Lipinski definition) is 1. The van der Waals surface area contributed by atoms with Crippen molar-refractivity contribution in [2.75, 3.05) is 0 Å². The van der Waals surface area contributed by atoms with Gasteiger partial charge in [-0.25, -0.2) is 4.39 Å². The van der Waals surface area contributed by atoms with E-state index in [9.17, 15) is 4.39 Å². The van der Waals surface area contributed by atoms with Crippen LogP contribution >= 0.6 is 0 Å². The van der Waals surface area contributed by atoms with Gasteiger partial charge in [0.2, 0.25) is 0 Å². The summed E-state index contributed by atoms with van der Waals surface area (Å²) in [6.45, 7) is 4.42. The van der Waals surface area contributed by atoms with Gasteiger partial charge in [0, 0.05) is 18.0 Å². The maximum absolute atomic E-state index is 13.0. The van der Waals surface area contributed by atoms with E-state index in [1.807, 2.05) is 12.1 Å². The third-order valence-corrected chi connectivity index (χ3v) is 5.36. The summed E-state index contributed by atoms with van der Waals surface area (Å²) in [5.74, 6) is 1.62. The predicted molar refractivity (Wildman–Crippen MR) is 112 cm³/mol. The zero-order valence-corrected chi connectivity index (χ0v) is 16.4. The van der Waals surface area contributed by atoms with Crippen LogP contribution in [0.1, 0.15) is 36.5 Å². The number of benzene rings is 3. The van der Waals surface area contributed by atoms with Crippen molar-refractivity contribution in [3.8, 4) is 11.5 Å². The Hall–Kier alpha value is -2.65. The van der Waals surface area contributed by atoms with Crippen molar-refractivity contribution in [3.63, 3.8) is 0 Å². The molecule has 0 amide bonds. The van der Waals surface area contributed by atoms with E-state index >= 15 is 0 Å². The summed E-state index contributed by atoms with van der Waals surface area (Å²) in [5, 5.41) is 3.75. The Morgan fingerprint density at radius 1 is 0.929 bits per heavy atom. The van der Waals surface area contributed by atoms with E-state index in [1.165, 1.54) is 28.8 Å². The molecule has 144 valence electrons. The summed E-state index contributed by atoms with van der Waals surface area (Å²) in [7, 11) is 0. The normalized spacial score (nSPS) is 18.3. The molecule has 3 aromatic rings. The fraction of sp³-hybridized carbons (Fsp3) is 0.280. The highest BCUT2D eigenvalue weighted by atomic mass is 19.1. The predicted octanol–water partition coefficient (Wildman–Crippen LogP) is 5.87. The molecule has 0 aliphatic heterocycles. The lowest BCUT2D eigenvalue weighted by atomic mass is 9.90. The summed E-state index contributed by atoms with van der Waals surface area (Å²) in [6.07, 6.45) is 2.09. The number of ether oxygens (including phenoxy) is 1. The molecule has 2 atom stereocenters. The van der Waals surface area contributed by atoms with Gasteiger partial charge in [-0.3, -0.25) is 0 Å². The topological polar surface area (TPSA) is 21.3 Å². The molecule has 2 nitrogen and oxygen atoms in total. The van der Waals surface area contributed by atoms with Gasteiger partial charge >= 0.3 is 0 Å². The fourth-order valence-corrected chi connectivity index (χ4v) is 4.12. The molecule has 3 aromatic carbocycles. The second kappa shape index (κ2) is 8.15. The van der Waals surface area contributed by atoms with Crippen molar-refractivity contribution in [2.45, 2.75) is 44.7 Å². The minimum atomic E-state index is -0.260. The summed E-state index contributed by atoms with van der Waals surface area (Å²) in [4.78, 5) is 0. The second-order valence-electron chi connectivity index (χ2n) is 7.84. The number of rotatable bonds is 6. The Labute approximate surface area is 166 Å². The molecule has 4 rings (SSSR count). The summed E-state index contributed by atoms with van der Waals surface area (Å²) in [6, 6.07) is 24.1. The maximum atomic E-state index is 13.0. The smallest absolute Gasteiger partial charge is 0.127 e. The molecule has 1 N–H and O–H groups in total. The van der Waals surface area contributed by atoms with Crippen LogP contribution in [0.2, 0.25) is 0 Å². The molecule has 1 aliphatic rings. The Morgan fingerprint density at radius 3 is 2.25 bits per heavy atom. The SMILES string of the molecule is CC(C)N[C@@H]1Cc2ccccc2[C@@H]1Cc1ccc(Oc2ccc(F)cc2)cc1. The van der Waals surface area contributed by atoms with Crippen molar-refractivity contribution >= 4 is 0 Å². The molecule has 0 heterocycles. The first-order chi connectivity index (χ1) is 13.6. The molecule has 0 aromatic heterocycles. The third kappa shape index (κ3) is 4.26. The van der Waals surface area contributed by atoms with Gasteiger partial charge < -0.3 is 10.1 Å². The van der Waals surface area contributed by atoms with Gasteiger partial charge in [0.05, 0.1) is 0 Å². The van der Waals surface area contributed by atoms with Gasteiger partial charge in [0.15, 0.2) is 0 Å². The van der Waals surface area contributed by atoms with Gasteiger partial charge in [0.1, 0.15) is 17.3 Å². The maximum Gasteiger partial charge on any atom is 0.127 e. The van der Waals surface area contributed by atoms with Crippen LogP contribution in [0, 0.1) is 5.82 Å². The molecule has 3 heteroatoms. The monoisotopic (exact) mass is 375 g/mol. The molecule has 0 unspecified atom stereocenters. The Morgan fingerprint density at radius 2 is 1.57 bits per heavy atom. The van der Waals surface area contributed by atoms with Crippen molar-refractivity contribution in [1.82, 2.24) is 5.32 Å². The van der Waals surface area contributed by atoms with E-state index in [4.69, 9.17) is 4.74 Å². The van der Waals surface area contributed by atoms with Crippen LogP contribution in [-0.2, 0) is 12.8 Å².